The summed E-state index contributed by atoms with van der Waals surface area (Å²) in [5.41, 5.74) is 3.34. The lowest BCUT2D eigenvalue weighted by Crippen LogP contribution is -2.21. The van der Waals surface area contributed by atoms with Crippen molar-refractivity contribution in [2.45, 2.75) is 13.8 Å². The van der Waals surface area contributed by atoms with Crippen LogP contribution >= 0.6 is 0 Å². The van der Waals surface area contributed by atoms with Crippen molar-refractivity contribution in [1.29, 1.82) is 0 Å². The molecular weight excluding hydrogens is 264 g/mol. The van der Waals surface area contributed by atoms with E-state index in [1.54, 1.807) is 24.3 Å². The minimum absolute atomic E-state index is 0.289. The molecule has 0 radical (unpaired) electrons. The summed E-state index contributed by atoms with van der Waals surface area (Å²) in [5, 5.41) is 12.1. The lowest BCUT2D eigenvalue weighted by molar-refractivity contribution is 0.0697. The minimum Gasteiger partial charge on any atom is -0.478 e. The number of carbonyl (C=O) groups is 1. The van der Waals surface area contributed by atoms with E-state index in [4.69, 9.17) is 5.11 Å². The number of carboxylic acid groups (broad SMARTS) is 1. The maximum atomic E-state index is 10.8. The predicted octanol–water partition coefficient (Wildman–Crippen LogP) is 3.97. The van der Waals surface area contributed by atoms with Crippen LogP contribution in [0.2, 0.25) is 0 Å². The Balaban J connectivity index is 2.07. The van der Waals surface area contributed by atoms with Gasteiger partial charge in [0, 0.05) is 30.2 Å². The molecule has 0 saturated heterocycles. The fourth-order valence-corrected chi connectivity index (χ4v) is 2.21. The van der Waals surface area contributed by atoms with E-state index in [0.717, 1.165) is 24.5 Å². The first-order valence-electron chi connectivity index (χ1n) is 7.09. The first-order chi connectivity index (χ1) is 10.1. The van der Waals surface area contributed by atoms with Gasteiger partial charge in [0.25, 0.3) is 0 Å². The van der Waals surface area contributed by atoms with E-state index in [2.05, 4.69) is 36.2 Å². The minimum atomic E-state index is -0.912. The molecule has 0 spiro atoms. The number of carboxylic acids is 1. The highest BCUT2D eigenvalue weighted by molar-refractivity contribution is 5.88. The van der Waals surface area contributed by atoms with Crippen molar-refractivity contribution in [3.8, 4) is 0 Å². The van der Waals surface area contributed by atoms with Crippen molar-refractivity contribution in [3.63, 3.8) is 0 Å². The zero-order chi connectivity index (χ0) is 15.2. The molecule has 0 amide bonds. The molecule has 4 heteroatoms. The molecule has 0 saturated carbocycles. The number of hydrogen-bond donors (Lipinski definition) is 2. The van der Waals surface area contributed by atoms with Crippen LogP contribution in [0.4, 0.5) is 17.1 Å². The molecule has 0 fully saturated rings. The Labute approximate surface area is 125 Å². The van der Waals surface area contributed by atoms with Gasteiger partial charge in [0.1, 0.15) is 0 Å². The van der Waals surface area contributed by atoms with Crippen LogP contribution in [-0.4, -0.2) is 24.2 Å². The van der Waals surface area contributed by atoms with Crippen LogP contribution in [0.5, 0.6) is 0 Å². The Hall–Kier alpha value is -2.49. The van der Waals surface area contributed by atoms with Gasteiger partial charge in [-0.15, -0.1) is 0 Å². The van der Waals surface area contributed by atoms with Gasteiger partial charge in [-0.1, -0.05) is 0 Å². The number of nitrogens with zero attached hydrogens (tertiary/aromatic N) is 1. The van der Waals surface area contributed by atoms with Crippen LogP contribution < -0.4 is 10.2 Å². The molecule has 2 N–H and O–H groups in total. The summed E-state index contributed by atoms with van der Waals surface area (Å²) >= 11 is 0. The fraction of sp³-hybridized carbons (Fsp3) is 0.235. The van der Waals surface area contributed by atoms with Gasteiger partial charge < -0.3 is 15.3 Å². The fourth-order valence-electron chi connectivity index (χ4n) is 2.21. The van der Waals surface area contributed by atoms with Crippen LogP contribution in [0.15, 0.2) is 48.5 Å². The third-order valence-corrected chi connectivity index (χ3v) is 3.42. The van der Waals surface area contributed by atoms with Gasteiger partial charge >= 0.3 is 5.97 Å². The van der Waals surface area contributed by atoms with E-state index in [9.17, 15) is 4.79 Å². The van der Waals surface area contributed by atoms with Gasteiger partial charge in [-0.25, -0.2) is 4.79 Å². The van der Waals surface area contributed by atoms with Gasteiger partial charge in [-0.05, 0) is 62.4 Å². The van der Waals surface area contributed by atoms with Crippen molar-refractivity contribution in [2.75, 3.05) is 23.3 Å². The van der Waals surface area contributed by atoms with E-state index in [1.807, 2.05) is 12.1 Å². The summed E-state index contributed by atoms with van der Waals surface area (Å²) in [5.74, 6) is -0.912. The first-order valence-corrected chi connectivity index (χ1v) is 7.09. The highest BCUT2D eigenvalue weighted by Crippen LogP contribution is 2.21. The largest absolute Gasteiger partial charge is 0.478 e. The van der Waals surface area contributed by atoms with Crippen molar-refractivity contribution in [1.82, 2.24) is 0 Å². The van der Waals surface area contributed by atoms with Crippen LogP contribution in [0.25, 0.3) is 0 Å². The second-order valence-electron chi connectivity index (χ2n) is 4.73. The molecule has 2 aromatic carbocycles. The van der Waals surface area contributed by atoms with Gasteiger partial charge in [0.2, 0.25) is 0 Å². The van der Waals surface area contributed by atoms with Gasteiger partial charge in [0.15, 0.2) is 0 Å². The summed E-state index contributed by atoms with van der Waals surface area (Å²) in [7, 11) is 0. The zero-order valence-corrected chi connectivity index (χ0v) is 12.3. The van der Waals surface area contributed by atoms with Crippen molar-refractivity contribution < 1.29 is 9.90 Å². The number of hydrogen-bond acceptors (Lipinski definition) is 3. The smallest absolute Gasteiger partial charge is 0.335 e. The maximum absolute atomic E-state index is 10.8. The predicted molar refractivity (Wildman–Crippen MR) is 86.7 cm³/mol. The van der Waals surface area contributed by atoms with Crippen LogP contribution in [-0.2, 0) is 0 Å². The second kappa shape index (κ2) is 6.79. The number of nitrogens with one attached hydrogen (secondary N) is 1. The number of anilines is 3. The molecule has 0 unspecified atom stereocenters. The Kier molecular flexibility index (Phi) is 4.82. The van der Waals surface area contributed by atoms with E-state index in [-0.39, 0.29) is 5.56 Å². The third kappa shape index (κ3) is 3.75. The molecule has 2 aromatic rings. The molecule has 0 aliphatic carbocycles. The molecule has 0 aromatic heterocycles. The van der Waals surface area contributed by atoms with E-state index in [0.29, 0.717) is 0 Å². The van der Waals surface area contributed by atoms with Crippen LogP contribution in [0.3, 0.4) is 0 Å². The summed E-state index contributed by atoms with van der Waals surface area (Å²) in [6.45, 7) is 6.25. The standard InChI is InChI=1S/C17H20N2O2/c1-3-19(4-2)16-11-9-15(10-12-16)18-14-7-5-13(6-8-14)17(20)21/h5-12,18H,3-4H2,1-2H3,(H,20,21). The monoisotopic (exact) mass is 284 g/mol. The number of rotatable bonds is 6. The second-order valence-corrected chi connectivity index (χ2v) is 4.73. The summed E-state index contributed by atoms with van der Waals surface area (Å²) in [4.78, 5) is 13.1. The van der Waals surface area contributed by atoms with Crippen LogP contribution in [0, 0.1) is 0 Å². The molecule has 0 bridgehead atoms. The Bertz CT molecular complexity index is 587. The quantitative estimate of drug-likeness (QED) is 0.842. The molecule has 4 nitrogen and oxygen atoms in total. The molecule has 0 aliphatic heterocycles. The molecular formula is C17H20N2O2. The topological polar surface area (TPSA) is 52.6 Å². The number of aromatic carboxylic acids is 1. The molecule has 110 valence electrons. The van der Waals surface area contributed by atoms with Gasteiger partial charge in [0.05, 0.1) is 5.56 Å². The summed E-state index contributed by atoms with van der Waals surface area (Å²) in [6, 6.07) is 14.9. The summed E-state index contributed by atoms with van der Waals surface area (Å²) in [6.07, 6.45) is 0. The van der Waals surface area contributed by atoms with E-state index < -0.39 is 5.97 Å². The van der Waals surface area contributed by atoms with Crippen molar-refractivity contribution in [3.05, 3.63) is 54.1 Å². The maximum Gasteiger partial charge on any atom is 0.335 e. The highest BCUT2D eigenvalue weighted by atomic mass is 16.4. The highest BCUT2D eigenvalue weighted by Gasteiger charge is 2.03. The van der Waals surface area contributed by atoms with Crippen LogP contribution in [0.1, 0.15) is 24.2 Å². The third-order valence-electron chi connectivity index (χ3n) is 3.42. The summed E-state index contributed by atoms with van der Waals surface area (Å²) < 4.78 is 0. The Morgan fingerprint density at radius 2 is 1.43 bits per heavy atom. The molecule has 21 heavy (non-hydrogen) atoms. The Morgan fingerprint density at radius 3 is 1.86 bits per heavy atom. The first kappa shape index (κ1) is 14.9. The number of benzene rings is 2. The van der Waals surface area contributed by atoms with Gasteiger partial charge in [-0.2, -0.15) is 0 Å². The van der Waals surface area contributed by atoms with Gasteiger partial charge in [-0.3, -0.25) is 0 Å². The molecule has 2 rings (SSSR count). The Morgan fingerprint density at radius 1 is 0.952 bits per heavy atom. The lowest BCUT2D eigenvalue weighted by Gasteiger charge is -2.21. The molecule has 0 heterocycles. The normalized spacial score (nSPS) is 10.2. The molecule has 0 atom stereocenters. The van der Waals surface area contributed by atoms with E-state index >= 15 is 0 Å². The molecule has 0 aliphatic rings. The lowest BCUT2D eigenvalue weighted by atomic mass is 10.2. The zero-order valence-electron chi connectivity index (χ0n) is 12.3. The average molecular weight is 284 g/mol. The average Bonchev–Trinajstić information content (AvgIpc) is 2.51. The van der Waals surface area contributed by atoms with Crippen molar-refractivity contribution in [2.24, 2.45) is 0 Å². The van der Waals surface area contributed by atoms with Crippen molar-refractivity contribution >= 4 is 23.0 Å². The SMILES string of the molecule is CCN(CC)c1ccc(Nc2ccc(C(=O)O)cc2)cc1. The van der Waals surface area contributed by atoms with E-state index in [1.165, 1.54) is 5.69 Å².